The number of aliphatic hydroxyl groups is 2. The van der Waals surface area contributed by atoms with Crippen molar-refractivity contribution in [2.75, 3.05) is 73.7 Å². The number of hydrogen-bond donors (Lipinski definition) is 11. The SMILES string of the molecule is C.C.NC1CCN(CCO)CC1.O=C(CC1CCC(Nc2nccc(Nc3cc(C4CCCC4)[nH]n3)n2)CC1)Oc1ccccc1.O=C(NC1CCC(Nc2nccc(Nc3cc(C4CCCC4)[nH]n3)n2)CC1)NC1CCN(CCO)CC1. The smallest absolute Gasteiger partial charge is 0.315 e. The summed E-state index contributed by atoms with van der Waals surface area (Å²) in [5, 5.41) is 52.7. The van der Waals surface area contributed by atoms with Gasteiger partial charge in [0, 0.05) is 111 Å². The van der Waals surface area contributed by atoms with Crippen LogP contribution in [-0.2, 0) is 4.79 Å². The lowest BCUT2D eigenvalue weighted by atomic mass is 9.84. The van der Waals surface area contributed by atoms with E-state index < -0.39 is 0 Å². The van der Waals surface area contributed by atoms with E-state index in [1.807, 2.05) is 42.5 Å². The molecule has 6 aliphatic rings. The number of aromatic amines is 2. The molecule has 2 aliphatic heterocycles. The number of likely N-dealkylation sites (tertiary alicyclic amines) is 2. The molecule has 1 aromatic carbocycles. The fourth-order valence-corrected chi connectivity index (χ4v) is 12.3. The number of hydrogen-bond acceptors (Lipinski definition) is 18. The number of rotatable bonds is 19. The van der Waals surface area contributed by atoms with Crippen LogP contribution in [0.5, 0.6) is 5.75 Å². The first kappa shape index (κ1) is 64.1. The molecule has 0 spiro atoms. The maximum absolute atomic E-state index is 12.5. The van der Waals surface area contributed by atoms with Crippen molar-refractivity contribution in [1.82, 2.24) is 60.8 Å². The van der Waals surface area contributed by atoms with Gasteiger partial charge >= 0.3 is 12.0 Å². The number of aliphatic hydroxyl groups excluding tert-OH is 2. The first-order valence-corrected chi connectivity index (χ1v) is 30.3. The molecule has 12 N–H and O–H groups in total. The van der Waals surface area contributed by atoms with Crippen molar-refractivity contribution in [2.24, 2.45) is 11.7 Å². The Balaban J connectivity index is 0.000000201. The Morgan fingerprint density at radius 1 is 0.566 bits per heavy atom. The third-order valence-corrected chi connectivity index (χ3v) is 17.0. The van der Waals surface area contributed by atoms with Crippen LogP contribution in [0.2, 0.25) is 0 Å². The molecule has 456 valence electrons. The number of H-pyrrole nitrogens is 2. The zero-order valence-corrected chi connectivity index (χ0v) is 47.2. The van der Waals surface area contributed by atoms with E-state index >= 15 is 0 Å². The highest BCUT2D eigenvalue weighted by molar-refractivity contribution is 5.74. The highest BCUT2D eigenvalue weighted by atomic mass is 16.5. The van der Waals surface area contributed by atoms with Crippen molar-refractivity contribution in [3.8, 4) is 5.75 Å². The van der Waals surface area contributed by atoms with Crippen LogP contribution < -0.4 is 42.4 Å². The molecule has 22 heteroatoms. The third-order valence-electron chi connectivity index (χ3n) is 17.0. The highest BCUT2D eigenvalue weighted by Gasteiger charge is 2.28. The minimum Gasteiger partial charge on any atom is -0.427 e. The molecule has 5 aromatic rings. The topological polar surface area (TPSA) is 297 Å². The largest absolute Gasteiger partial charge is 0.427 e. The summed E-state index contributed by atoms with van der Waals surface area (Å²) in [7, 11) is 0. The summed E-state index contributed by atoms with van der Waals surface area (Å²) in [6.45, 7) is 5.95. The van der Waals surface area contributed by atoms with E-state index in [0.717, 1.165) is 133 Å². The number of carbonyl (C=O) groups is 2. The van der Waals surface area contributed by atoms with Crippen LogP contribution in [0.25, 0.3) is 0 Å². The molecule has 0 bridgehead atoms. The lowest BCUT2D eigenvalue weighted by molar-refractivity contribution is -0.135. The van der Waals surface area contributed by atoms with Gasteiger partial charge in [0.1, 0.15) is 17.4 Å². The molecule has 0 unspecified atom stereocenters. The Labute approximate surface area is 491 Å². The second-order valence-electron chi connectivity index (χ2n) is 23.1. The first-order chi connectivity index (χ1) is 39.7. The normalized spacial score (nSPS) is 21.8. The number of carbonyl (C=O) groups excluding carboxylic acids is 2. The van der Waals surface area contributed by atoms with Gasteiger partial charge in [-0.05, 0) is 146 Å². The zero-order valence-electron chi connectivity index (χ0n) is 47.2. The van der Waals surface area contributed by atoms with Gasteiger partial charge in [-0.1, -0.05) is 58.7 Å². The number of anilines is 6. The van der Waals surface area contributed by atoms with Gasteiger partial charge in [-0.25, -0.2) is 14.8 Å². The number of para-hydroxylation sites is 1. The molecule has 22 nitrogen and oxygen atoms in total. The van der Waals surface area contributed by atoms with E-state index in [-0.39, 0.29) is 58.2 Å². The summed E-state index contributed by atoms with van der Waals surface area (Å²) in [6.07, 6.45) is 25.8. The van der Waals surface area contributed by atoms with Crippen LogP contribution in [0.4, 0.5) is 40.0 Å². The van der Waals surface area contributed by atoms with Gasteiger partial charge in [-0.2, -0.15) is 20.2 Å². The second kappa shape index (κ2) is 33.7. The Kier molecular flexibility index (Phi) is 26.1. The molecular formula is C61H97N17O5. The van der Waals surface area contributed by atoms with Gasteiger partial charge in [-0.3, -0.25) is 15.0 Å². The lowest BCUT2D eigenvalue weighted by Crippen LogP contribution is -2.51. The van der Waals surface area contributed by atoms with Crippen LogP contribution in [-0.4, -0.2) is 155 Å². The summed E-state index contributed by atoms with van der Waals surface area (Å²) < 4.78 is 5.44. The average Bonchev–Trinajstić information content (AvgIpc) is 4.46. The van der Waals surface area contributed by atoms with Gasteiger partial charge in [0.25, 0.3) is 0 Å². The minimum absolute atomic E-state index is 0. The fraction of sp³-hybridized carbons (Fsp3) is 0.639. The van der Waals surface area contributed by atoms with Crippen molar-refractivity contribution in [2.45, 2.75) is 192 Å². The monoisotopic (exact) mass is 1150 g/mol. The lowest BCUT2D eigenvalue weighted by Gasteiger charge is -2.33. The van der Waals surface area contributed by atoms with Crippen LogP contribution in [0, 0.1) is 5.92 Å². The van der Waals surface area contributed by atoms with Gasteiger partial charge in [0.2, 0.25) is 11.9 Å². The molecule has 11 rings (SSSR count). The van der Waals surface area contributed by atoms with E-state index in [9.17, 15) is 9.59 Å². The van der Waals surface area contributed by atoms with E-state index in [0.29, 0.717) is 60.4 Å². The molecular weight excluding hydrogens is 1050 g/mol. The maximum Gasteiger partial charge on any atom is 0.315 e. The van der Waals surface area contributed by atoms with Crippen LogP contribution in [0.1, 0.15) is 173 Å². The van der Waals surface area contributed by atoms with Gasteiger partial charge in [-0.15, -0.1) is 0 Å². The molecule has 4 aliphatic carbocycles. The summed E-state index contributed by atoms with van der Waals surface area (Å²) >= 11 is 0. The predicted octanol–water partition coefficient (Wildman–Crippen LogP) is 9.32. The number of esters is 1. The van der Waals surface area contributed by atoms with Crippen molar-refractivity contribution < 1.29 is 24.5 Å². The Morgan fingerprint density at radius 3 is 1.49 bits per heavy atom. The van der Waals surface area contributed by atoms with Crippen LogP contribution in [0.15, 0.2) is 67.0 Å². The molecule has 0 radical (unpaired) electrons. The number of piperidine rings is 2. The predicted molar refractivity (Wildman–Crippen MR) is 328 cm³/mol. The van der Waals surface area contributed by atoms with E-state index in [4.69, 9.17) is 20.7 Å². The molecule has 0 atom stereocenters. The molecule has 83 heavy (non-hydrogen) atoms. The number of ether oxygens (including phenoxy) is 1. The summed E-state index contributed by atoms with van der Waals surface area (Å²) in [6, 6.07) is 18.5. The van der Waals surface area contributed by atoms with E-state index in [1.54, 1.807) is 12.4 Å². The zero-order chi connectivity index (χ0) is 56.0. The van der Waals surface area contributed by atoms with Crippen molar-refractivity contribution in [3.05, 3.63) is 78.4 Å². The van der Waals surface area contributed by atoms with E-state index in [1.165, 1.54) is 62.8 Å². The first-order valence-electron chi connectivity index (χ1n) is 30.3. The summed E-state index contributed by atoms with van der Waals surface area (Å²) in [5.41, 5.74) is 8.11. The number of nitrogens with one attached hydrogen (secondary N) is 8. The minimum atomic E-state index is -0.154. The van der Waals surface area contributed by atoms with Crippen molar-refractivity contribution >= 4 is 47.2 Å². The Hall–Kier alpha value is -6.46. The van der Waals surface area contributed by atoms with Crippen LogP contribution in [0.3, 0.4) is 0 Å². The van der Waals surface area contributed by atoms with Gasteiger partial charge < -0.3 is 62.4 Å². The molecule has 2 saturated heterocycles. The number of amides is 2. The van der Waals surface area contributed by atoms with Gasteiger partial charge in [0.15, 0.2) is 11.6 Å². The molecule has 4 aromatic heterocycles. The summed E-state index contributed by atoms with van der Waals surface area (Å²) in [5.74, 6) is 6.24. The van der Waals surface area contributed by atoms with Crippen LogP contribution >= 0.6 is 0 Å². The average molecular weight is 1150 g/mol. The number of nitrogens with two attached hydrogens (primary N) is 1. The molecule has 6 heterocycles. The molecule has 4 saturated carbocycles. The number of nitrogens with zero attached hydrogens (tertiary/aromatic N) is 8. The van der Waals surface area contributed by atoms with Crippen molar-refractivity contribution in [1.29, 1.82) is 0 Å². The van der Waals surface area contributed by atoms with Gasteiger partial charge in [0.05, 0.1) is 13.2 Å². The number of aromatic nitrogens is 8. The van der Waals surface area contributed by atoms with Crippen molar-refractivity contribution in [3.63, 3.8) is 0 Å². The summed E-state index contributed by atoms with van der Waals surface area (Å²) in [4.78, 5) is 47.3. The Bertz CT molecular complexity index is 2620. The number of urea groups is 1. The number of benzene rings is 1. The highest BCUT2D eigenvalue weighted by Crippen LogP contribution is 2.36. The number of β-amino-alcohol motifs (C(OH)–C–C–N with tert-alkyl or cyclic N) is 2. The quantitative estimate of drug-likeness (QED) is 0.0271. The maximum atomic E-state index is 12.5. The molecule has 2 amide bonds. The Morgan fingerprint density at radius 2 is 1.01 bits per heavy atom. The fourth-order valence-electron chi connectivity index (χ4n) is 12.3. The molecule has 6 fully saturated rings. The third kappa shape index (κ3) is 21.0. The second-order valence-corrected chi connectivity index (χ2v) is 23.1. The standard InChI is InChI=1S/C26H41N9O2.C26H32N6O2.C7H16N2O.2CH4/c36-16-15-35-13-10-21(11-14-35)30-26(37)29-20-7-5-19(6-8-20)28-25-27-12-9-23(32-25)31-24-17-22(33-34-24)18-3-1-2-4-18;33-25(34-21-8-2-1-3-9-21)16-18-10-12-20(13-11-18)28-26-27-15-14-23(30-26)29-24-17-22(31-32-24)19-6-4-5-7-19;8-7-1-3-9(4-2-7)5-6-10;;/h9,12,17-21,36H,1-8,10-11,13-16H2,(H2,29,30,37)(H3,27,28,31,32,33,34);1-3,8-9,14-15,17-20H,4-7,10-13,16H2,(H3,27,28,29,30,31,32);7,10H,1-6,8H2;2*1H4. The van der Waals surface area contributed by atoms with E-state index in [2.05, 4.69) is 94.2 Å².